The number of nitro groups is 1. The number of benzene rings is 2. The number of rotatable bonds is 4. The molecule has 1 N–H and O–H groups in total. The maximum absolute atomic E-state index is 11.0. The fraction of sp³-hybridized carbons (Fsp3) is 0.0714. The quantitative estimate of drug-likeness (QED) is 0.680. The molecule has 0 aliphatic carbocycles. The predicted octanol–water partition coefficient (Wildman–Crippen LogP) is 3.22. The number of hydrogen-bond donors (Lipinski definition) is 1. The first-order valence-corrected chi connectivity index (χ1v) is 5.73. The molecule has 0 saturated heterocycles. The van der Waals surface area contributed by atoms with Gasteiger partial charge >= 0.3 is 0 Å². The van der Waals surface area contributed by atoms with Crippen molar-refractivity contribution < 1.29 is 9.66 Å². The molecule has 0 unspecified atom stereocenters. The normalized spacial score (nSPS) is 9.60. The zero-order valence-electron chi connectivity index (χ0n) is 10.7. The summed E-state index contributed by atoms with van der Waals surface area (Å²) in [5, 5.41) is 22.7. The minimum atomic E-state index is -0.521. The molecule has 0 heterocycles. The lowest BCUT2D eigenvalue weighted by Gasteiger charge is -2.08. The maximum atomic E-state index is 11.0. The molecule has 6 heteroatoms. The second-order valence-corrected chi connectivity index (χ2v) is 3.95. The van der Waals surface area contributed by atoms with E-state index < -0.39 is 4.92 Å². The van der Waals surface area contributed by atoms with Crippen molar-refractivity contribution in [3.05, 3.63) is 58.1 Å². The summed E-state index contributed by atoms with van der Waals surface area (Å²) >= 11 is 0. The van der Waals surface area contributed by atoms with E-state index in [1.807, 2.05) is 6.07 Å². The number of ether oxygens (including phenoxy) is 1. The summed E-state index contributed by atoms with van der Waals surface area (Å²) in [6, 6.07) is 13.2. The summed E-state index contributed by atoms with van der Waals surface area (Å²) < 4.78 is 5.04. The Morgan fingerprint density at radius 3 is 2.50 bits per heavy atom. The Balaban J connectivity index is 2.32. The van der Waals surface area contributed by atoms with Gasteiger partial charge in [0, 0.05) is 11.8 Å². The molecule has 2 aromatic rings. The third-order valence-corrected chi connectivity index (χ3v) is 2.69. The number of nitro benzene ring substituents is 1. The Morgan fingerprint density at radius 2 is 1.95 bits per heavy atom. The van der Waals surface area contributed by atoms with Gasteiger partial charge in [-0.3, -0.25) is 10.1 Å². The highest BCUT2D eigenvalue weighted by molar-refractivity contribution is 5.71. The number of nitrogens with zero attached hydrogens (tertiary/aromatic N) is 2. The van der Waals surface area contributed by atoms with Gasteiger partial charge in [0.1, 0.15) is 11.4 Å². The van der Waals surface area contributed by atoms with E-state index in [0.717, 1.165) is 0 Å². The molecule has 0 amide bonds. The molecule has 0 atom stereocenters. The molecular weight excluding hydrogens is 258 g/mol. The zero-order chi connectivity index (χ0) is 14.5. The minimum absolute atomic E-state index is 0.139. The zero-order valence-corrected chi connectivity index (χ0v) is 10.7. The molecule has 2 rings (SSSR count). The molecule has 0 aromatic heterocycles. The van der Waals surface area contributed by atoms with Crippen LogP contribution in [0.25, 0.3) is 0 Å². The van der Waals surface area contributed by atoms with E-state index in [2.05, 4.69) is 5.32 Å². The lowest BCUT2D eigenvalue weighted by Crippen LogP contribution is -1.97. The predicted molar refractivity (Wildman–Crippen MR) is 74.1 cm³/mol. The summed E-state index contributed by atoms with van der Waals surface area (Å²) in [6.07, 6.45) is 0. The average molecular weight is 269 g/mol. The SMILES string of the molecule is COc1ccc(Nc2ccc(C#N)cc2[N+](=O)[O-])cc1. The van der Waals surface area contributed by atoms with E-state index in [-0.39, 0.29) is 11.3 Å². The molecule has 0 aliphatic rings. The van der Waals surface area contributed by atoms with Crippen molar-refractivity contribution in [3.63, 3.8) is 0 Å². The first-order chi connectivity index (χ1) is 9.63. The first kappa shape index (κ1) is 13.4. The van der Waals surface area contributed by atoms with E-state index in [9.17, 15) is 10.1 Å². The van der Waals surface area contributed by atoms with Gasteiger partial charge in [0.05, 0.1) is 23.7 Å². The van der Waals surface area contributed by atoms with Crippen LogP contribution in [0, 0.1) is 21.4 Å². The van der Waals surface area contributed by atoms with Crippen molar-refractivity contribution in [3.8, 4) is 11.8 Å². The van der Waals surface area contributed by atoms with Crippen molar-refractivity contribution in [2.45, 2.75) is 0 Å². The third kappa shape index (κ3) is 2.84. The maximum Gasteiger partial charge on any atom is 0.293 e. The van der Waals surface area contributed by atoms with Gasteiger partial charge in [0.15, 0.2) is 0 Å². The van der Waals surface area contributed by atoms with Crippen molar-refractivity contribution in [2.75, 3.05) is 12.4 Å². The van der Waals surface area contributed by atoms with Crippen LogP contribution in [-0.2, 0) is 0 Å². The average Bonchev–Trinajstić information content (AvgIpc) is 2.48. The molecule has 0 saturated carbocycles. The van der Waals surface area contributed by atoms with Crippen LogP contribution in [0.3, 0.4) is 0 Å². The van der Waals surface area contributed by atoms with Crippen LogP contribution in [0.4, 0.5) is 17.1 Å². The number of nitriles is 1. The van der Waals surface area contributed by atoms with Crippen LogP contribution in [0.15, 0.2) is 42.5 Å². The Hall–Kier alpha value is -3.07. The lowest BCUT2D eigenvalue weighted by atomic mass is 10.2. The molecule has 0 bridgehead atoms. The molecule has 0 radical (unpaired) electrons. The summed E-state index contributed by atoms with van der Waals surface area (Å²) in [6.45, 7) is 0. The number of nitrogens with one attached hydrogen (secondary N) is 1. The van der Waals surface area contributed by atoms with Gasteiger partial charge in [0.25, 0.3) is 5.69 Å². The summed E-state index contributed by atoms with van der Waals surface area (Å²) in [7, 11) is 1.56. The molecule has 2 aromatic carbocycles. The summed E-state index contributed by atoms with van der Waals surface area (Å²) in [5.41, 5.74) is 1.13. The third-order valence-electron chi connectivity index (χ3n) is 2.69. The van der Waals surface area contributed by atoms with Crippen LogP contribution >= 0.6 is 0 Å². The smallest absolute Gasteiger partial charge is 0.293 e. The number of methoxy groups -OCH3 is 1. The van der Waals surface area contributed by atoms with E-state index in [4.69, 9.17) is 10.00 Å². The van der Waals surface area contributed by atoms with E-state index >= 15 is 0 Å². The topological polar surface area (TPSA) is 88.2 Å². The van der Waals surface area contributed by atoms with Gasteiger partial charge in [-0.1, -0.05) is 0 Å². The Labute approximate surface area is 115 Å². The van der Waals surface area contributed by atoms with Gasteiger partial charge in [0.2, 0.25) is 0 Å². The van der Waals surface area contributed by atoms with Crippen molar-refractivity contribution >= 4 is 17.1 Å². The highest BCUT2D eigenvalue weighted by Gasteiger charge is 2.14. The van der Waals surface area contributed by atoms with Gasteiger partial charge in [-0.25, -0.2) is 0 Å². The fourth-order valence-corrected chi connectivity index (χ4v) is 1.69. The second kappa shape index (κ2) is 5.71. The number of anilines is 2. The summed E-state index contributed by atoms with van der Waals surface area (Å²) in [4.78, 5) is 10.5. The van der Waals surface area contributed by atoms with Crippen LogP contribution in [-0.4, -0.2) is 12.0 Å². The molecular formula is C14H11N3O3. The Morgan fingerprint density at radius 1 is 1.25 bits per heavy atom. The van der Waals surface area contributed by atoms with Gasteiger partial charge < -0.3 is 10.1 Å². The molecule has 0 aliphatic heterocycles. The highest BCUT2D eigenvalue weighted by atomic mass is 16.6. The molecule has 0 spiro atoms. The highest BCUT2D eigenvalue weighted by Crippen LogP contribution is 2.29. The van der Waals surface area contributed by atoms with Crippen LogP contribution in [0.1, 0.15) is 5.56 Å². The molecule has 0 fully saturated rings. The summed E-state index contributed by atoms with van der Waals surface area (Å²) in [5.74, 6) is 0.699. The molecule has 6 nitrogen and oxygen atoms in total. The standard InChI is InChI=1S/C14H11N3O3/c1-20-12-5-3-11(4-6-12)16-13-7-2-10(9-15)8-14(13)17(18)19/h2-8,16H,1H3. The Kier molecular flexibility index (Phi) is 3.82. The van der Waals surface area contributed by atoms with E-state index in [0.29, 0.717) is 17.1 Å². The largest absolute Gasteiger partial charge is 0.497 e. The molecule has 100 valence electrons. The fourth-order valence-electron chi connectivity index (χ4n) is 1.69. The first-order valence-electron chi connectivity index (χ1n) is 5.73. The van der Waals surface area contributed by atoms with Gasteiger partial charge in [-0.15, -0.1) is 0 Å². The van der Waals surface area contributed by atoms with Gasteiger partial charge in [-0.2, -0.15) is 5.26 Å². The van der Waals surface area contributed by atoms with Crippen LogP contribution in [0.5, 0.6) is 5.75 Å². The lowest BCUT2D eigenvalue weighted by molar-refractivity contribution is -0.383. The van der Waals surface area contributed by atoms with Gasteiger partial charge in [-0.05, 0) is 36.4 Å². The van der Waals surface area contributed by atoms with Crippen molar-refractivity contribution in [1.82, 2.24) is 0 Å². The second-order valence-electron chi connectivity index (χ2n) is 3.95. The van der Waals surface area contributed by atoms with E-state index in [1.165, 1.54) is 18.2 Å². The van der Waals surface area contributed by atoms with Crippen LogP contribution in [0.2, 0.25) is 0 Å². The molecule has 20 heavy (non-hydrogen) atoms. The van der Waals surface area contributed by atoms with E-state index in [1.54, 1.807) is 31.4 Å². The van der Waals surface area contributed by atoms with Crippen molar-refractivity contribution in [1.29, 1.82) is 5.26 Å². The minimum Gasteiger partial charge on any atom is -0.497 e. The Bertz CT molecular complexity index is 675. The van der Waals surface area contributed by atoms with Crippen molar-refractivity contribution in [2.24, 2.45) is 0 Å². The van der Waals surface area contributed by atoms with Crippen LogP contribution < -0.4 is 10.1 Å². The number of hydrogen-bond acceptors (Lipinski definition) is 5. The monoisotopic (exact) mass is 269 g/mol.